The first-order chi connectivity index (χ1) is 12.0. The third-order valence-electron chi connectivity index (χ3n) is 3.99. The van der Waals surface area contributed by atoms with Crippen LogP contribution in [0.2, 0.25) is 0 Å². The summed E-state index contributed by atoms with van der Waals surface area (Å²) in [5.41, 5.74) is 1.84. The van der Waals surface area contributed by atoms with E-state index in [1.807, 2.05) is 36.1 Å². The average molecular weight is 405 g/mol. The normalized spacial score (nSPS) is 14.4. The third kappa shape index (κ3) is 5.61. The number of anilines is 1. The fourth-order valence-electron chi connectivity index (χ4n) is 2.60. The van der Waals surface area contributed by atoms with Crippen LogP contribution in [0.1, 0.15) is 24.8 Å². The maximum atomic E-state index is 12.1. The molecule has 2 rings (SSSR count). The Bertz CT molecular complexity index is 724. The Labute approximate surface area is 156 Å². The van der Waals surface area contributed by atoms with Gasteiger partial charge in [0.05, 0.1) is 0 Å². The fourth-order valence-corrected chi connectivity index (χ4v) is 3.07. The van der Waals surface area contributed by atoms with Gasteiger partial charge in [-0.2, -0.15) is 5.26 Å². The molecular formula is C18H21BrN4O2. The van der Waals surface area contributed by atoms with Gasteiger partial charge in [-0.1, -0.05) is 15.9 Å². The third-order valence-corrected chi connectivity index (χ3v) is 4.48. The molecule has 0 aromatic heterocycles. The number of likely N-dealkylation sites (tertiary alicyclic amines) is 1. The number of benzene rings is 1. The molecule has 0 saturated carbocycles. The van der Waals surface area contributed by atoms with Gasteiger partial charge in [0, 0.05) is 42.4 Å². The van der Waals surface area contributed by atoms with Crippen molar-refractivity contribution in [1.82, 2.24) is 10.2 Å². The number of carbonyl (C=O) groups is 2. The molecule has 132 valence electrons. The van der Waals surface area contributed by atoms with Crippen molar-refractivity contribution in [2.75, 3.05) is 25.0 Å². The molecule has 0 spiro atoms. The molecule has 1 aromatic carbocycles. The second kappa shape index (κ2) is 9.23. The molecule has 1 aliphatic heterocycles. The van der Waals surface area contributed by atoms with Crippen molar-refractivity contribution in [3.8, 4) is 6.07 Å². The van der Waals surface area contributed by atoms with Crippen LogP contribution in [-0.2, 0) is 9.59 Å². The van der Waals surface area contributed by atoms with Crippen LogP contribution in [0.3, 0.4) is 0 Å². The van der Waals surface area contributed by atoms with Crippen LogP contribution in [0, 0.1) is 18.3 Å². The average Bonchev–Trinajstić information content (AvgIpc) is 2.99. The molecule has 6 nitrogen and oxygen atoms in total. The van der Waals surface area contributed by atoms with Gasteiger partial charge in [0.1, 0.15) is 11.6 Å². The van der Waals surface area contributed by atoms with E-state index in [0.717, 1.165) is 28.7 Å². The highest BCUT2D eigenvalue weighted by molar-refractivity contribution is 9.10. The lowest BCUT2D eigenvalue weighted by Gasteiger charge is -2.15. The number of nitriles is 1. The van der Waals surface area contributed by atoms with E-state index < -0.39 is 5.91 Å². The zero-order valence-corrected chi connectivity index (χ0v) is 15.7. The van der Waals surface area contributed by atoms with Gasteiger partial charge >= 0.3 is 0 Å². The van der Waals surface area contributed by atoms with Crippen molar-refractivity contribution < 1.29 is 9.59 Å². The second-order valence-electron chi connectivity index (χ2n) is 5.87. The van der Waals surface area contributed by atoms with Gasteiger partial charge < -0.3 is 15.5 Å². The van der Waals surface area contributed by atoms with Crippen molar-refractivity contribution >= 4 is 33.4 Å². The molecule has 0 atom stereocenters. The topological polar surface area (TPSA) is 85.2 Å². The fraction of sp³-hybridized carbons (Fsp3) is 0.389. The van der Waals surface area contributed by atoms with Gasteiger partial charge in [0.25, 0.3) is 5.91 Å². The summed E-state index contributed by atoms with van der Waals surface area (Å²) in [6.07, 6.45) is 3.62. The summed E-state index contributed by atoms with van der Waals surface area (Å²) in [5.74, 6) is -0.240. The molecular weight excluding hydrogens is 384 g/mol. The lowest BCUT2D eigenvalue weighted by molar-refractivity contribution is -0.127. The minimum atomic E-state index is -0.419. The molecule has 1 aromatic rings. The van der Waals surface area contributed by atoms with E-state index in [1.165, 1.54) is 6.20 Å². The van der Waals surface area contributed by atoms with E-state index in [0.29, 0.717) is 25.9 Å². The highest BCUT2D eigenvalue weighted by atomic mass is 79.9. The smallest absolute Gasteiger partial charge is 0.263 e. The summed E-state index contributed by atoms with van der Waals surface area (Å²) in [7, 11) is 0. The highest BCUT2D eigenvalue weighted by Crippen LogP contribution is 2.20. The molecule has 7 heteroatoms. The first kappa shape index (κ1) is 19.0. The van der Waals surface area contributed by atoms with Crippen molar-refractivity contribution in [3.05, 3.63) is 40.0 Å². The molecule has 25 heavy (non-hydrogen) atoms. The first-order valence-electron chi connectivity index (χ1n) is 8.20. The van der Waals surface area contributed by atoms with Crippen LogP contribution in [0.15, 0.2) is 34.4 Å². The van der Waals surface area contributed by atoms with Crippen molar-refractivity contribution in [3.63, 3.8) is 0 Å². The molecule has 0 unspecified atom stereocenters. The van der Waals surface area contributed by atoms with Gasteiger partial charge in [0.2, 0.25) is 5.91 Å². The van der Waals surface area contributed by atoms with Crippen molar-refractivity contribution in [1.29, 1.82) is 5.26 Å². The number of rotatable bonds is 7. The van der Waals surface area contributed by atoms with Gasteiger partial charge in [0.15, 0.2) is 0 Å². The Morgan fingerprint density at radius 2 is 2.28 bits per heavy atom. The summed E-state index contributed by atoms with van der Waals surface area (Å²) in [6, 6.07) is 7.61. The Morgan fingerprint density at radius 3 is 2.92 bits per heavy atom. The first-order valence-corrected chi connectivity index (χ1v) is 8.99. The second-order valence-corrected chi connectivity index (χ2v) is 6.78. The number of aryl methyl sites for hydroxylation is 1. The Hall–Kier alpha value is -2.33. The molecule has 1 fully saturated rings. The Balaban J connectivity index is 1.81. The van der Waals surface area contributed by atoms with Crippen LogP contribution in [-0.4, -0.2) is 36.3 Å². The largest absolute Gasteiger partial charge is 0.360 e. The Kier molecular flexibility index (Phi) is 7.02. The predicted molar refractivity (Wildman–Crippen MR) is 99.6 cm³/mol. The van der Waals surface area contributed by atoms with Crippen molar-refractivity contribution in [2.45, 2.75) is 26.2 Å². The predicted octanol–water partition coefficient (Wildman–Crippen LogP) is 2.71. The molecule has 2 amide bonds. The van der Waals surface area contributed by atoms with Crippen LogP contribution in [0.5, 0.6) is 0 Å². The Morgan fingerprint density at radius 1 is 1.48 bits per heavy atom. The minimum Gasteiger partial charge on any atom is -0.360 e. The van der Waals surface area contributed by atoms with E-state index >= 15 is 0 Å². The SMILES string of the molecule is Cc1cc(Br)ccc1N/C=C(/C#N)C(=O)NCCCN1CCCC1=O. The van der Waals surface area contributed by atoms with E-state index in [1.54, 1.807) is 0 Å². The maximum absolute atomic E-state index is 12.1. The van der Waals surface area contributed by atoms with E-state index in [4.69, 9.17) is 0 Å². The monoisotopic (exact) mass is 404 g/mol. The van der Waals surface area contributed by atoms with E-state index in [2.05, 4.69) is 26.6 Å². The lowest BCUT2D eigenvalue weighted by atomic mass is 10.2. The summed E-state index contributed by atoms with van der Waals surface area (Å²) < 4.78 is 0.967. The maximum Gasteiger partial charge on any atom is 0.263 e. The van der Waals surface area contributed by atoms with Crippen LogP contribution >= 0.6 is 15.9 Å². The lowest BCUT2D eigenvalue weighted by Crippen LogP contribution is -2.31. The van der Waals surface area contributed by atoms with Gasteiger partial charge in [-0.25, -0.2) is 0 Å². The number of hydrogen-bond acceptors (Lipinski definition) is 4. The van der Waals surface area contributed by atoms with Gasteiger partial charge in [-0.15, -0.1) is 0 Å². The zero-order valence-electron chi connectivity index (χ0n) is 14.1. The minimum absolute atomic E-state index is 0.0135. The van der Waals surface area contributed by atoms with Crippen LogP contribution in [0.25, 0.3) is 0 Å². The number of halogens is 1. The number of hydrogen-bond donors (Lipinski definition) is 2. The molecule has 1 heterocycles. The molecule has 2 N–H and O–H groups in total. The van der Waals surface area contributed by atoms with Gasteiger partial charge in [-0.05, 0) is 43.5 Å². The molecule has 1 aliphatic rings. The number of amides is 2. The standard InChI is InChI=1S/C18H21BrN4O2/c1-13-10-15(19)5-6-16(13)22-12-14(11-20)18(25)21-7-3-9-23-8-2-4-17(23)24/h5-6,10,12,22H,2-4,7-9H2,1H3,(H,21,25)/b14-12-. The summed E-state index contributed by atoms with van der Waals surface area (Å²) in [5, 5.41) is 14.9. The molecule has 0 bridgehead atoms. The summed E-state index contributed by atoms with van der Waals surface area (Å²) in [6.45, 7) is 3.80. The van der Waals surface area contributed by atoms with E-state index in [-0.39, 0.29) is 11.5 Å². The summed E-state index contributed by atoms with van der Waals surface area (Å²) in [4.78, 5) is 25.4. The number of nitrogens with one attached hydrogen (secondary N) is 2. The number of nitrogens with zero attached hydrogens (tertiary/aromatic N) is 2. The molecule has 1 saturated heterocycles. The highest BCUT2D eigenvalue weighted by Gasteiger charge is 2.19. The quantitative estimate of drug-likeness (QED) is 0.415. The van der Waals surface area contributed by atoms with E-state index in [9.17, 15) is 14.9 Å². The number of carbonyl (C=O) groups excluding carboxylic acids is 2. The molecule has 0 radical (unpaired) electrons. The summed E-state index contributed by atoms with van der Waals surface area (Å²) >= 11 is 3.39. The van der Waals surface area contributed by atoms with Crippen LogP contribution in [0.4, 0.5) is 5.69 Å². The molecule has 0 aliphatic carbocycles. The van der Waals surface area contributed by atoms with Crippen molar-refractivity contribution in [2.24, 2.45) is 0 Å². The van der Waals surface area contributed by atoms with Crippen LogP contribution < -0.4 is 10.6 Å². The zero-order chi connectivity index (χ0) is 18.2. The van der Waals surface area contributed by atoms with Gasteiger partial charge in [-0.3, -0.25) is 9.59 Å².